The number of carboxylic acids is 1. The van der Waals surface area contributed by atoms with Gasteiger partial charge in [-0.2, -0.15) is 0 Å². The minimum Gasteiger partial charge on any atom is -0.481 e. The van der Waals surface area contributed by atoms with Crippen LogP contribution in [-0.2, 0) is 9.59 Å². The molecule has 0 aliphatic heterocycles. The predicted octanol–water partition coefficient (Wildman–Crippen LogP) is 0.211. The number of nitrogens with one attached hydrogen (secondary N) is 2. The molecule has 88 valence electrons. The molecule has 0 heterocycles. The highest BCUT2D eigenvalue weighted by Crippen LogP contribution is 2.01. The van der Waals surface area contributed by atoms with Crippen LogP contribution in [0.4, 0.5) is 0 Å². The quantitative estimate of drug-likeness (QED) is 0.532. The fraction of sp³-hybridized carbons (Fsp3) is 0.800. The van der Waals surface area contributed by atoms with Crippen molar-refractivity contribution in [1.29, 1.82) is 0 Å². The number of carbonyl (C=O) groups excluding carboxylic acids is 1. The molecule has 0 fully saturated rings. The van der Waals surface area contributed by atoms with Gasteiger partial charge in [0.2, 0.25) is 5.91 Å². The first-order chi connectivity index (χ1) is 6.99. The maximum atomic E-state index is 11.3. The average molecular weight is 216 g/mol. The van der Waals surface area contributed by atoms with Crippen LogP contribution in [0.15, 0.2) is 0 Å². The molecule has 0 aromatic heterocycles. The van der Waals surface area contributed by atoms with E-state index in [1.54, 1.807) is 13.8 Å². The number of hydrogen-bond acceptors (Lipinski definition) is 3. The van der Waals surface area contributed by atoms with Crippen molar-refractivity contribution in [2.75, 3.05) is 13.1 Å². The van der Waals surface area contributed by atoms with E-state index in [0.717, 1.165) is 13.0 Å². The van der Waals surface area contributed by atoms with Crippen molar-refractivity contribution in [2.24, 2.45) is 5.92 Å². The lowest BCUT2D eigenvalue weighted by atomic mass is 10.0. The zero-order valence-electron chi connectivity index (χ0n) is 9.54. The number of rotatable bonds is 7. The van der Waals surface area contributed by atoms with Crippen molar-refractivity contribution in [3.8, 4) is 0 Å². The van der Waals surface area contributed by atoms with E-state index in [2.05, 4.69) is 10.6 Å². The molecule has 5 nitrogen and oxygen atoms in total. The summed E-state index contributed by atoms with van der Waals surface area (Å²) in [7, 11) is 0. The minimum atomic E-state index is -0.899. The Hall–Kier alpha value is -1.10. The fourth-order valence-corrected chi connectivity index (χ4v) is 1.02. The fourth-order valence-electron chi connectivity index (χ4n) is 1.02. The van der Waals surface area contributed by atoms with Gasteiger partial charge in [-0.25, -0.2) is 0 Å². The predicted molar refractivity (Wildman–Crippen MR) is 57.6 cm³/mol. The number of carboxylic acid groups (broad SMARTS) is 1. The van der Waals surface area contributed by atoms with Crippen LogP contribution in [0.2, 0.25) is 0 Å². The molecule has 0 radical (unpaired) electrons. The van der Waals surface area contributed by atoms with Gasteiger partial charge < -0.3 is 15.7 Å². The Labute approximate surface area is 90.2 Å². The summed E-state index contributed by atoms with van der Waals surface area (Å²) < 4.78 is 0. The van der Waals surface area contributed by atoms with Crippen LogP contribution in [-0.4, -0.2) is 36.1 Å². The molecule has 3 N–H and O–H groups in total. The van der Waals surface area contributed by atoms with Crippen molar-refractivity contribution < 1.29 is 14.7 Å². The Bertz CT molecular complexity index is 219. The van der Waals surface area contributed by atoms with Crippen LogP contribution < -0.4 is 10.6 Å². The molecule has 15 heavy (non-hydrogen) atoms. The van der Waals surface area contributed by atoms with Crippen LogP contribution >= 0.6 is 0 Å². The maximum absolute atomic E-state index is 11.3. The van der Waals surface area contributed by atoms with E-state index >= 15 is 0 Å². The Balaban J connectivity index is 3.80. The standard InChI is InChI=1S/C10H20N2O3/c1-4-5-11-6-9(13)12-8(3)7(2)10(14)15/h7-8,11H,4-6H2,1-3H3,(H,12,13)(H,14,15). The number of amides is 1. The third-order valence-corrected chi connectivity index (χ3v) is 2.24. The van der Waals surface area contributed by atoms with Crippen LogP contribution in [0.1, 0.15) is 27.2 Å². The Kier molecular flexibility index (Phi) is 6.70. The number of carbonyl (C=O) groups is 2. The molecule has 2 atom stereocenters. The molecule has 5 heteroatoms. The molecule has 2 unspecified atom stereocenters. The first kappa shape index (κ1) is 13.9. The number of hydrogen-bond donors (Lipinski definition) is 3. The topological polar surface area (TPSA) is 78.4 Å². The number of aliphatic carboxylic acids is 1. The van der Waals surface area contributed by atoms with E-state index in [4.69, 9.17) is 5.11 Å². The van der Waals surface area contributed by atoms with E-state index < -0.39 is 11.9 Å². The highest BCUT2D eigenvalue weighted by Gasteiger charge is 2.20. The average Bonchev–Trinajstić information content (AvgIpc) is 2.16. The van der Waals surface area contributed by atoms with Gasteiger partial charge in [-0.15, -0.1) is 0 Å². The summed E-state index contributed by atoms with van der Waals surface area (Å²) >= 11 is 0. The van der Waals surface area contributed by atoms with Crippen molar-refractivity contribution in [1.82, 2.24) is 10.6 Å². The lowest BCUT2D eigenvalue weighted by Gasteiger charge is -2.17. The summed E-state index contributed by atoms with van der Waals surface area (Å²) in [5, 5.41) is 14.3. The Morgan fingerprint density at radius 3 is 2.40 bits per heavy atom. The molecule has 0 rings (SSSR count). The van der Waals surface area contributed by atoms with Gasteiger partial charge in [0.1, 0.15) is 0 Å². The lowest BCUT2D eigenvalue weighted by Crippen LogP contribution is -2.43. The van der Waals surface area contributed by atoms with E-state index in [1.807, 2.05) is 6.92 Å². The summed E-state index contributed by atoms with van der Waals surface area (Å²) in [6.07, 6.45) is 0.967. The monoisotopic (exact) mass is 216 g/mol. The van der Waals surface area contributed by atoms with E-state index in [-0.39, 0.29) is 18.5 Å². The zero-order chi connectivity index (χ0) is 11.8. The van der Waals surface area contributed by atoms with E-state index in [0.29, 0.717) is 0 Å². The highest BCUT2D eigenvalue weighted by atomic mass is 16.4. The normalized spacial score (nSPS) is 14.3. The van der Waals surface area contributed by atoms with Gasteiger partial charge in [-0.1, -0.05) is 6.92 Å². The van der Waals surface area contributed by atoms with Gasteiger partial charge in [0.15, 0.2) is 0 Å². The van der Waals surface area contributed by atoms with Crippen molar-refractivity contribution in [3.63, 3.8) is 0 Å². The Morgan fingerprint density at radius 2 is 1.93 bits per heavy atom. The highest BCUT2D eigenvalue weighted by molar-refractivity contribution is 5.79. The van der Waals surface area contributed by atoms with Gasteiger partial charge in [-0.05, 0) is 26.8 Å². The molecule has 0 aliphatic rings. The molecule has 1 amide bonds. The van der Waals surface area contributed by atoms with Crippen LogP contribution in [0, 0.1) is 5.92 Å². The molecule has 0 aliphatic carbocycles. The summed E-state index contributed by atoms with van der Waals surface area (Å²) in [4.78, 5) is 21.9. The summed E-state index contributed by atoms with van der Waals surface area (Å²) in [5.41, 5.74) is 0. The SMILES string of the molecule is CCCNCC(=O)NC(C)C(C)C(=O)O. The van der Waals surface area contributed by atoms with Gasteiger partial charge in [-0.3, -0.25) is 9.59 Å². The molecule has 0 aromatic rings. The second kappa shape index (κ2) is 7.23. The summed E-state index contributed by atoms with van der Waals surface area (Å²) in [6.45, 7) is 6.31. The lowest BCUT2D eigenvalue weighted by molar-refractivity contribution is -0.142. The third kappa shape index (κ3) is 6.06. The van der Waals surface area contributed by atoms with Gasteiger partial charge in [0.05, 0.1) is 12.5 Å². The second-order valence-corrected chi connectivity index (χ2v) is 3.66. The molecule has 0 aromatic carbocycles. The molecular formula is C10H20N2O3. The third-order valence-electron chi connectivity index (χ3n) is 2.24. The minimum absolute atomic E-state index is 0.163. The molecule has 0 saturated carbocycles. The first-order valence-corrected chi connectivity index (χ1v) is 5.22. The van der Waals surface area contributed by atoms with Gasteiger partial charge in [0.25, 0.3) is 0 Å². The van der Waals surface area contributed by atoms with Gasteiger partial charge >= 0.3 is 5.97 Å². The van der Waals surface area contributed by atoms with Crippen LogP contribution in [0.3, 0.4) is 0 Å². The first-order valence-electron chi connectivity index (χ1n) is 5.22. The van der Waals surface area contributed by atoms with Crippen molar-refractivity contribution in [3.05, 3.63) is 0 Å². The van der Waals surface area contributed by atoms with E-state index in [1.165, 1.54) is 0 Å². The molecule has 0 saturated heterocycles. The Morgan fingerprint density at radius 1 is 1.33 bits per heavy atom. The molecular weight excluding hydrogens is 196 g/mol. The van der Waals surface area contributed by atoms with Gasteiger partial charge in [0, 0.05) is 6.04 Å². The molecule has 0 bridgehead atoms. The van der Waals surface area contributed by atoms with Crippen LogP contribution in [0.25, 0.3) is 0 Å². The molecule has 0 spiro atoms. The van der Waals surface area contributed by atoms with Crippen molar-refractivity contribution in [2.45, 2.75) is 33.2 Å². The van der Waals surface area contributed by atoms with Crippen LogP contribution in [0.5, 0.6) is 0 Å². The zero-order valence-corrected chi connectivity index (χ0v) is 9.54. The smallest absolute Gasteiger partial charge is 0.308 e. The van der Waals surface area contributed by atoms with Crippen molar-refractivity contribution >= 4 is 11.9 Å². The second-order valence-electron chi connectivity index (χ2n) is 3.66. The largest absolute Gasteiger partial charge is 0.481 e. The maximum Gasteiger partial charge on any atom is 0.308 e. The van der Waals surface area contributed by atoms with E-state index in [9.17, 15) is 9.59 Å². The summed E-state index contributed by atoms with van der Waals surface area (Å²) in [5.74, 6) is -1.63. The summed E-state index contributed by atoms with van der Waals surface area (Å²) in [6, 6.07) is -0.349.